The molecule has 2 aromatic rings. The van der Waals surface area contributed by atoms with Crippen LogP contribution in [0.1, 0.15) is 16.9 Å². The van der Waals surface area contributed by atoms with Crippen LogP contribution in [0.25, 0.3) is 0 Å². The molecule has 1 amide bonds. The van der Waals surface area contributed by atoms with Crippen molar-refractivity contribution < 1.29 is 9.53 Å². The highest BCUT2D eigenvalue weighted by Crippen LogP contribution is 2.32. The molecule has 0 saturated carbocycles. The zero-order valence-corrected chi connectivity index (χ0v) is 14.9. The number of amides is 1. The predicted octanol–water partition coefficient (Wildman–Crippen LogP) is 2.39. The molecule has 1 aromatic carbocycles. The van der Waals surface area contributed by atoms with E-state index < -0.39 is 0 Å². The lowest BCUT2D eigenvalue weighted by atomic mass is 10.2. The minimum Gasteiger partial charge on any atom is -0.477 e. The van der Waals surface area contributed by atoms with E-state index in [9.17, 15) is 4.79 Å². The summed E-state index contributed by atoms with van der Waals surface area (Å²) in [5.74, 6) is 0.646. The first-order valence-corrected chi connectivity index (χ1v) is 9.02. The van der Waals surface area contributed by atoms with Crippen molar-refractivity contribution in [1.29, 1.82) is 0 Å². The van der Waals surface area contributed by atoms with E-state index in [2.05, 4.69) is 38.1 Å². The molecule has 1 saturated heterocycles. The van der Waals surface area contributed by atoms with Crippen molar-refractivity contribution in [3.8, 4) is 5.88 Å². The normalized spacial score (nSPS) is 17.4. The lowest BCUT2D eigenvalue weighted by Gasteiger charge is -2.35. The molecule has 0 aliphatic carbocycles. The summed E-state index contributed by atoms with van der Waals surface area (Å²) in [7, 11) is 0. The smallest absolute Gasteiger partial charge is 0.275 e. The van der Waals surface area contributed by atoms with Crippen LogP contribution in [0, 0.1) is 0 Å². The molecule has 126 valence electrons. The van der Waals surface area contributed by atoms with E-state index in [-0.39, 0.29) is 5.91 Å². The molecule has 0 atom stereocenters. The number of carbonyl (C=O) groups excluding carboxylic acids is 1. The summed E-state index contributed by atoms with van der Waals surface area (Å²) in [6.45, 7) is 4.53. The summed E-state index contributed by atoms with van der Waals surface area (Å²) in [5, 5.41) is 4.44. The number of para-hydroxylation sites is 1. The number of rotatable bonds is 2. The molecule has 6 nitrogen and oxygen atoms in total. The van der Waals surface area contributed by atoms with Crippen molar-refractivity contribution in [3.05, 3.63) is 40.5 Å². The second-order valence-electron chi connectivity index (χ2n) is 6.01. The Bertz CT molecular complexity index is 739. The molecule has 2 aliphatic rings. The molecule has 3 heterocycles. The molecular formula is C17H19BrN4O2. The summed E-state index contributed by atoms with van der Waals surface area (Å²) in [5.41, 5.74) is 1.66. The van der Waals surface area contributed by atoms with Gasteiger partial charge in [-0.2, -0.15) is 5.10 Å². The number of hydrogen-bond acceptors (Lipinski definition) is 4. The maximum absolute atomic E-state index is 12.8. The molecule has 7 heteroatoms. The van der Waals surface area contributed by atoms with Gasteiger partial charge in [0.05, 0.1) is 6.61 Å². The molecule has 0 N–H and O–H groups in total. The molecule has 2 aliphatic heterocycles. The Morgan fingerprint density at radius 2 is 1.83 bits per heavy atom. The van der Waals surface area contributed by atoms with Gasteiger partial charge in [0.25, 0.3) is 5.91 Å². The van der Waals surface area contributed by atoms with Gasteiger partial charge >= 0.3 is 0 Å². The van der Waals surface area contributed by atoms with Gasteiger partial charge in [-0.1, -0.05) is 18.2 Å². The number of piperazine rings is 1. The van der Waals surface area contributed by atoms with Crippen LogP contribution in [0.3, 0.4) is 0 Å². The Morgan fingerprint density at radius 3 is 2.54 bits per heavy atom. The fourth-order valence-corrected chi connectivity index (χ4v) is 3.76. The molecule has 0 radical (unpaired) electrons. The van der Waals surface area contributed by atoms with Gasteiger partial charge in [-0.05, 0) is 28.1 Å². The Hall–Kier alpha value is -2.02. The molecule has 0 spiro atoms. The number of carbonyl (C=O) groups is 1. The Kier molecular flexibility index (Phi) is 4.18. The van der Waals surface area contributed by atoms with Crippen LogP contribution in [-0.4, -0.2) is 53.4 Å². The molecule has 1 fully saturated rings. The second kappa shape index (κ2) is 6.47. The van der Waals surface area contributed by atoms with Gasteiger partial charge in [0, 0.05) is 44.8 Å². The van der Waals surface area contributed by atoms with Gasteiger partial charge in [-0.15, -0.1) is 0 Å². The number of nitrogens with zero attached hydrogens (tertiary/aromatic N) is 4. The monoisotopic (exact) mass is 390 g/mol. The van der Waals surface area contributed by atoms with Crippen LogP contribution in [-0.2, 0) is 6.54 Å². The fourth-order valence-electron chi connectivity index (χ4n) is 3.19. The number of benzene rings is 1. The largest absolute Gasteiger partial charge is 0.477 e. The van der Waals surface area contributed by atoms with E-state index in [4.69, 9.17) is 4.74 Å². The number of fused-ring (bicyclic) bond motifs is 1. The quantitative estimate of drug-likeness (QED) is 0.789. The molecule has 0 bridgehead atoms. The number of halogens is 1. The summed E-state index contributed by atoms with van der Waals surface area (Å²) < 4.78 is 8.08. The van der Waals surface area contributed by atoms with Gasteiger partial charge in [-0.3, -0.25) is 4.79 Å². The van der Waals surface area contributed by atoms with E-state index in [0.717, 1.165) is 26.1 Å². The van der Waals surface area contributed by atoms with Crippen molar-refractivity contribution in [3.63, 3.8) is 0 Å². The first-order chi connectivity index (χ1) is 11.7. The maximum atomic E-state index is 12.8. The second-order valence-corrected chi connectivity index (χ2v) is 6.80. The molecule has 4 rings (SSSR count). The SMILES string of the molecule is O=C(c1nn2c(c1Br)OCCC2)N1CCN(c2ccccc2)CC1. The maximum Gasteiger partial charge on any atom is 0.275 e. The number of aryl methyl sites for hydroxylation is 1. The van der Waals surface area contributed by atoms with E-state index in [0.29, 0.717) is 35.7 Å². The summed E-state index contributed by atoms with van der Waals surface area (Å²) in [4.78, 5) is 17.0. The lowest BCUT2D eigenvalue weighted by molar-refractivity contribution is 0.0739. The van der Waals surface area contributed by atoms with Crippen LogP contribution in [0.4, 0.5) is 5.69 Å². The standard InChI is InChI=1S/C17H19BrN4O2/c18-14-15(19-22-7-4-12-24-17(14)22)16(23)21-10-8-20(9-11-21)13-5-2-1-3-6-13/h1-3,5-6H,4,7-12H2. The van der Waals surface area contributed by atoms with Crippen LogP contribution in [0.5, 0.6) is 5.88 Å². The average Bonchev–Trinajstić information content (AvgIpc) is 2.99. The highest BCUT2D eigenvalue weighted by atomic mass is 79.9. The van der Waals surface area contributed by atoms with E-state index in [1.54, 1.807) is 4.68 Å². The zero-order valence-electron chi connectivity index (χ0n) is 13.3. The number of anilines is 1. The fraction of sp³-hybridized carbons (Fsp3) is 0.412. The Morgan fingerprint density at radius 1 is 1.08 bits per heavy atom. The van der Waals surface area contributed by atoms with Crippen molar-refractivity contribution >= 4 is 27.5 Å². The van der Waals surface area contributed by atoms with E-state index >= 15 is 0 Å². The third-order valence-electron chi connectivity index (χ3n) is 4.49. The number of hydrogen-bond donors (Lipinski definition) is 0. The van der Waals surface area contributed by atoms with Gasteiger partial charge < -0.3 is 14.5 Å². The highest BCUT2D eigenvalue weighted by Gasteiger charge is 2.29. The zero-order chi connectivity index (χ0) is 16.5. The Balaban J connectivity index is 1.46. The lowest BCUT2D eigenvalue weighted by Crippen LogP contribution is -2.49. The van der Waals surface area contributed by atoms with Crippen LogP contribution >= 0.6 is 15.9 Å². The molecular weight excluding hydrogens is 372 g/mol. The average molecular weight is 391 g/mol. The van der Waals surface area contributed by atoms with Gasteiger partial charge in [0.1, 0.15) is 4.47 Å². The van der Waals surface area contributed by atoms with E-state index in [1.165, 1.54) is 5.69 Å². The predicted molar refractivity (Wildman–Crippen MR) is 94.6 cm³/mol. The summed E-state index contributed by atoms with van der Waals surface area (Å²) in [6.07, 6.45) is 0.921. The Labute approximate surface area is 149 Å². The molecule has 0 unspecified atom stereocenters. The first-order valence-electron chi connectivity index (χ1n) is 8.22. The van der Waals surface area contributed by atoms with Crippen LogP contribution < -0.4 is 9.64 Å². The number of aromatic nitrogens is 2. The third kappa shape index (κ3) is 2.77. The van der Waals surface area contributed by atoms with Crippen molar-refractivity contribution in [2.24, 2.45) is 0 Å². The molecule has 1 aromatic heterocycles. The van der Waals surface area contributed by atoms with E-state index in [1.807, 2.05) is 23.1 Å². The van der Waals surface area contributed by atoms with Gasteiger partial charge in [0.15, 0.2) is 5.69 Å². The first kappa shape index (κ1) is 15.5. The summed E-state index contributed by atoms with van der Waals surface area (Å²) in [6, 6.07) is 10.3. The highest BCUT2D eigenvalue weighted by molar-refractivity contribution is 9.10. The van der Waals surface area contributed by atoms with Crippen LogP contribution in [0.2, 0.25) is 0 Å². The minimum atomic E-state index is -0.0277. The van der Waals surface area contributed by atoms with Crippen molar-refractivity contribution in [2.75, 3.05) is 37.7 Å². The van der Waals surface area contributed by atoms with Crippen LogP contribution in [0.15, 0.2) is 34.8 Å². The third-order valence-corrected chi connectivity index (χ3v) is 5.21. The topological polar surface area (TPSA) is 50.6 Å². The summed E-state index contributed by atoms with van der Waals surface area (Å²) >= 11 is 3.49. The minimum absolute atomic E-state index is 0.0277. The van der Waals surface area contributed by atoms with Crippen molar-refractivity contribution in [2.45, 2.75) is 13.0 Å². The van der Waals surface area contributed by atoms with Crippen molar-refractivity contribution in [1.82, 2.24) is 14.7 Å². The molecule has 24 heavy (non-hydrogen) atoms. The number of ether oxygens (including phenoxy) is 1. The van der Waals surface area contributed by atoms with Gasteiger partial charge in [0.2, 0.25) is 5.88 Å². The van der Waals surface area contributed by atoms with Gasteiger partial charge in [-0.25, -0.2) is 4.68 Å².